The molecule has 1 heterocycles. The zero-order chi connectivity index (χ0) is 13.8. The Kier molecular flexibility index (Phi) is 4.97. The van der Waals surface area contributed by atoms with E-state index in [9.17, 15) is 5.11 Å². The molecule has 1 saturated heterocycles. The molecule has 3 unspecified atom stereocenters. The lowest BCUT2D eigenvalue weighted by Gasteiger charge is -2.43. The topological polar surface area (TPSA) is 26.7 Å². The predicted molar refractivity (Wildman–Crippen MR) is 79.1 cm³/mol. The number of hydrogen-bond donors (Lipinski definition) is 1. The minimum atomic E-state index is -0.401. The normalized spacial score (nSPS) is 25.2. The molecule has 1 fully saturated rings. The molecule has 0 bridgehead atoms. The van der Waals surface area contributed by atoms with Gasteiger partial charge < -0.3 is 5.11 Å². The van der Waals surface area contributed by atoms with Crippen LogP contribution in [0.25, 0.3) is 0 Å². The summed E-state index contributed by atoms with van der Waals surface area (Å²) in [5.41, 5.74) is 1.01. The Morgan fingerprint density at radius 2 is 1.95 bits per heavy atom. The molecule has 0 aromatic heterocycles. The molecule has 2 rings (SSSR count). The molecule has 0 spiro atoms. The molecule has 1 N–H and O–H groups in total. The van der Waals surface area contributed by atoms with Crippen molar-refractivity contribution in [3.63, 3.8) is 0 Å². The third kappa shape index (κ3) is 3.35. The number of likely N-dealkylation sites (N-methyl/N-ethyl adjacent to an activating group) is 1. The minimum Gasteiger partial charge on any atom is -0.387 e. The van der Waals surface area contributed by atoms with Crippen molar-refractivity contribution in [2.45, 2.75) is 39.0 Å². The fourth-order valence-corrected chi connectivity index (χ4v) is 2.99. The summed E-state index contributed by atoms with van der Waals surface area (Å²) in [6.07, 6.45) is -0.401. The number of rotatable bonds is 4. The summed E-state index contributed by atoms with van der Waals surface area (Å²) in [7, 11) is 0. The first-order valence-electron chi connectivity index (χ1n) is 7.34. The van der Waals surface area contributed by atoms with E-state index < -0.39 is 6.10 Å². The largest absolute Gasteiger partial charge is 0.387 e. The maximum absolute atomic E-state index is 10.5. The molecule has 1 aromatic rings. The van der Waals surface area contributed by atoms with Gasteiger partial charge in [0.15, 0.2) is 0 Å². The molecule has 3 atom stereocenters. The summed E-state index contributed by atoms with van der Waals surface area (Å²) in [5, 5.41) is 10.5. The predicted octanol–water partition coefficient (Wildman–Crippen LogP) is 2.13. The second-order valence-electron chi connectivity index (χ2n) is 5.57. The minimum absolute atomic E-state index is 0.170. The molecule has 0 radical (unpaired) electrons. The van der Waals surface area contributed by atoms with Crippen LogP contribution in [0, 0.1) is 0 Å². The monoisotopic (exact) mass is 262 g/mol. The van der Waals surface area contributed by atoms with Crippen LogP contribution in [0.3, 0.4) is 0 Å². The molecule has 0 amide bonds. The van der Waals surface area contributed by atoms with Gasteiger partial charge in [-0.1, -0.05) is 37.3 Å². The standard InChI is InChI=1S/C16H26N2O/c1-4-17-10-11-18(12-13(17)2)14(3)16(19)15-8-6-5-7-9-15/h5-9,13-14,16,19H,4,10-12H2,1-3H3. The van der Waals surface area contributed by atoms with Crippen LogP contribution in [-0.4, -0.2) is 53.2 Å². The lowest BCUT2D eigenvalue weighted by atomic mass is 10.0. The van der Waals surface area contributed by atoms with Gasteiger partial charge in [-0.25, -0.2) is 0 Å². The molecule has 1 aliphatic heterocycles. The Balaban J connectivity index is 1.99. The van der Waals surface area contributed by atoms with Gasteiger partial charge in [-0.2, -0.15) is 0 Å². The first-order valence-corrected chi connectivity index (χ1v) is 7.34. The van der Waals surface area contributed by atoms with Crippen molar-refractivity contribution in [3.8, 4) is 0 Å². The molecule has 19 heavy (non-hydrogen) atoms. The third-order valence-corrected chi connectivity index (χ3v) is 4.38. The average Bonchev–Trinajstić information content (AvgIpc) is 2.46. The van der Waals surface area contributed by atoms with Gasteiger partial charge in [0.1, 0.15) is 0 Å². The number of piperazine rings is 1. The van der Waals surface area contributed by atoms with Gasteiger partial charge >= 0.3 is 0 Å². The van der Waals surface area contributed by atoms with Gasteiger partial charge in [0, 0.05) is 31.7 Å². The molecule has 3 heteroatoms. The van der Waals surface area contributed by atoms with Crippen molar-refractivity contribution in [2.24, 2.45) is 0 Å². The molecular weight excluding hydrogens is 236 g/mol. The number of nitrogens with zero attached hydrogens (tertiary/aromatic N) is 2. The third-order valence-electron chi connectivity index (χ3n) is 4.38. The van der Waals surface area contributed by atoms with Crippen LogP contribution < -0.4 is 0 Å². The van der Waals surface area contributed by atoms with E-state index in [1.54, 1.807) is 0 Å². The molecular formula is C16H26N2O. The zero-order valence-corrected chi connectivity index (χ0v) is 12.3. The van der Waals surface area contributed by atoms with Crippen molar-refractivity contribution >= 4 is 0 Å². The van der Waals surface area contributed by atoms with Gasteiger partial charge in [0.2, 0.25) is 0 Å². The van der Waals surface area contributed by atoms with Gasteiger partial charge in [-0.05, 0) is 26.0 Å². The molecule has 106 valence electrons. The Hall–Kier alpha value is -0.900. The fourth-order valence-electron chi connectivity index (χ4n) is 2.99. The van der Waals surface area contributed by atoms with Crippen LogP contribution in [0.4, 0.5) is 0 Å². The van der Waals surface area contributed by atoms with E-state index in [1.807, 2.05) is 30.3 Å². The maximum atomic E-state index is 10.5. The summed E-state index contributed by atoms with van der Waals surface area (Å²) in [6.45, 7) is 10.9. The van der Waals surface area contributed by atoms with Gasteiger partial charge in [-0.15, -0.1) is 0 Å². The van der Waals surface area contributed by atoms with E-state index in [0.29, 0.717) is 6.04 Å². The van der Waals surface area contributed by atoms with Crippen molar-refractivity contribution in [3.05, 3.63) is 35.9 Å². The summed E-state index contributed by atoms with van der Waals surface area (Å²) >= 11 is 0. The van der Waals surface area contributed by atoms with Gasteiger partial charge in [0.05, 0.1) is 6.10 Å². The van der Waals surface area contributed by atoms with E-state index >= 15 is 0 Å². The van der Waals surface area contributed by atoms with Crippen LogP contribution in [0.5, 0.6) is 0 Å². The molecule has 0 aliphatic carbocycles. The first-order chi connectivity index (χ1) is 9.13. The summed E-state index contributed by atoms with van der Waals surface area (Å²) in [6, 6.07) is 10.7. The highest BCUT2D eigenvalue weighted by Crippen LogP contribution is 2.23. The lowest BCUT2D eigenvalue weighted by molar-refractivity contribution is 0.00759. The zero-order valence-electron chi connectivity index (χ0n) is 12.3. The summed E-state index contributed by atoms with van der Waals surface area (Å²) in [4.78, 5) is 4.91. The van der Waals surface area contributed by atoms with Crippen molar-refractivity contribution < 1.29 is 5.11 Å². The second-order valence-corrected chi connectivity index (χ2v) is 5.57. The summed E-state index contributed by atoms with van der Waals surface area (Å²) < 4.78 is 0. The highest BCUT2D eigenvalue weighted by Gasteiger charge is 2.29. The summed E-state index contributed by atoms with van der Waals surface area (Å²) in [5.74, 6) is 0. The molecule has 1 aliphatic rings. The molecule has 1 aromatic carbocycles. The Bertz CT molecular complexity index is 382. The van der Waals surface area contributed by atoms with Crippen molar-refractivity contribution in [2.75, 3.05) is 26.2 Å². The van der Waals surface area contributed by atoms with Crippen LogP contribution in [0.15, 0.2) is 30.3 Å². The highest BCUT2D eigenvalue weighted by atomic mass is 16.3. The van der Waals surface area contributed by atoms with E-state index in [0.717, 1.165) is 31.7 Å². The first kappa shape index (κ1) is 14.5. The highest BCUT2D eigenvalue weighted by molar-refractivity contribution is 5.18. The van der Waals surface area contributed by atoms with E-state index in [1.165, 1.54) is 0 Å². The number of benzene rings is 1. The molecule has 0 saturated carbocycles. The van der Waals surface area contributed by atoms with E-state index in [4.69, 9.17) is 0 Å². The van der Waals surface area contributed by atoms with Gasteiger partial charge in [-0.3, -0.25) is 9.80 Å². The maximum Gasteiger partial charge on any atom is 0.0942 e. The van der Waals surface area contributed by atoms with Crippen LogP contribution in [0.1, 0.15) is 32.4 Å². The second kappa shape index (κ2) is 6.51. The Labute approximate surface area is 116 Å². The quantitative estimate of drug-likeness (QED) is 0.900. The van der Waals surface area contributed by atoms with Crippen LogP contribution >= 0.6 is 0 Å². The van der Waals surface area contributed by atoms with Gasteiger partial charge in [0.25, 0.3) is 0 Å². The van der Waals surface area contributed by atoms with Crippen LogP contribution in [-0.2, 0) is 0 Å². The van der Waals surface area contributed by atoms with Crippen molar-refractivity contribution in [1.29, 1.82) is 0 Å². The Morgan fingerprint density at radius 3 is 2.53 bits per heavy atom. The fraction of sp³-hybridized carbons (Fsp3) is 0.625. The number of hydrogen-bond acceptors (Lipinski definition) is 3. The smallest absolute Gasteiger partial charge is 0.0942 e. The van der Waals surface area contributed by atoms with E-state index in [-0.39, 0.29) is 6.04 Å². The van der Waals surface area contributed by atoms with Crippen molar-refractivity contribution in [1.82, 2.24) is 9.80 Å². The Morgan fingerprint density at radius 1 is 1.26 bits per heavy atom. The molecule has 3 nitrogen and oxygen atoms in total. The lowest BCUT2D eigenvalue weighted by Crippen LogP contribution is -2.55. The number of aliphatic hydroxyl groups excluding tert-OH is 1. The van der Waals surface area contributed by atoms with Crippen LogP contribution in [0.2, 0.25) is 0 Å². The average molecular weight is 262 g/mol. The van der Waals surface area contributed by atoms with E-state index in [2.05, 4.69) is 30.6 Å². The SMILES string of the molecule is CCN1CCN(C(C)C(O)c2ccccc2)CC1C. The number of aliphatic hydroxyl groups is 1.